The van der Waals surface area contributed by atoms with E-state index in [2.05, 4.69) is 4.98 Å². The maximum Gasteiger partial charge on any atom is 0.121 e. The second-order valence-electron chi connectivity index (χ2n) is 3.21. The third-order valence-corrected chi connectivity index (χ3v) is 2.37. The zero-order chi connectivity index (χ0) is 10.7. The van der Waals surface area contributed by atoms with Crippen LogP contribution >= 0.6 is 11.6 Å². The van der Waals surface area contributed by atoms with Crippen LogP contribution in [0.4, 0.5) is 0 Å². The summed E-state index contributed by atoms with van der Waals surface area (Å²) in [6.07, 6.45) is 0.869. The SMILES string of the molecule is O[C@H](c1ccccc1)c1cc(Cl)ccn1. The minimum atomic E-state index is -0.718. The highest BCUT2D eigenvalue weighted by atomic mass is 35.5. The van der Waals surface area contributed by atoms with Crippen molar-refractivity contribution in [1.82, 2.24) is 4.98 Å². The summed E-state index contributed by atoms with van der Waals surface area (Å²) in [4.78, 5) is 4.08. The van der Waals surface area contributed by atoms with Gasteiger partial charge in [-0.25, -0.2) is 0 Å². The summed E-state index contributed by atoms with van der Waals surface area (Å²) in [5, 5.41) is 10.6. The summed E-state index contributed by atoms with van der Waals surface area (Å²) in [5.74, 6) is 0. The van der Waals surface area contributed by atoms with Crippen LogP contribution in [0, 0.1) is 0 Å². The Kier molecular flexibility index (Phi) is 2.99. The first-order chi connectivity index (χ1) is 7.27. The normalized spacial score (nSPS) is 12.4. The van der Waals surface area contributed by atoms with Crippen molar-refractivity contribution in [3.05, 3.63) is 64.9 Å². The molecule has 1 aromatic heterocycles. The van der Waals surface area contributed by atoms with Gasteiger partial charge in [-0.05, 0) is 17.7 Å². The van der Waals surface area contributed by atoms with Crippen molar-refractivity contribution in [2.75, 3.05) is 0 Å². The number of rotatable bonds is 2. The van der Waals surface area contributed by atoms with E-state index in [0.717, 1.165) is 5.56 Å². The second kappa shape index (κ2) is 4.43. The Morgan fingerprint density at radius 3 is 2.53 bits per heavy atom. The number of nitrogens with zero attached hydrogens (tertiary/aromatic N) is 1. The fourth-order valence-electron chi connectivity index (χ4n) is 1.38. The number of aromatic nitrogens is 1. The Morgan fingerprint density at radius 2 is 1.87 bits per heavy atom. The van der Waals surface area contributed by atoms with Crippen molar-refractivity contribution in [2.24, 2.45) is 0 Å². The molecule has 0 fully saturated rings. The topological polar surface area (TPSA) is 33.1 Å². The molecular formula is C12H10ClNO. The van der Waals surface area contributed by atoms with E-state index in [1.54, 1.807) is 18.3 Å². The molecule has 1 aromatic carbocycles. The predicted molar refractivity (Wildman–Crippen MR) is 59.8 cm³/mol. The van der Waals surface area contributed by atoms with Crippen LogP contribution in [0.25, 0.3) is 0 Å². The molecule has 1 atom stereocenters. The van der Waals surface area contributed by atoms with E-state index in [1.807, 2.05) is 30.3 Å². The van der Waals surface area contributed by atoms with Gasteiger partial charge in [0.2, 0.25) is 0 Å². The summed E-state index contributed by atoms with van der Waals surface area (Å²) < 4.78 is 0. The molecule has 1 N–H and O–H groups in total. The Morgan fingerprint density at radius 1 is 1.13 bits per heavy atom. The van der Waals surface area contributed by atoms with Crippen LogP contribution in [0.15, 0.2) is 48.7 Å². The maximum absolute atomic E-state index is 10.00. The van der Waals surface area contributed by atoms with Crippen LogP contribution in [-0.4, -0.2) is 10.1 Å². The van der Waals surface area contributed by atoms with Crippen LogP contribution in [-0.2, 0) is 0 Å². The molecule has 3 heteroatoms. The zero-order valence-electron chi connectivity index (χ0n) is 7.97. The lowest BCUT2D eigenvalue weighted by atomic mass is 10.1. The largest absolute Gasteiger partial charge is 0.382 e. The van der Waals surface area contributed by atoms with Gasteiger partial charge in [0.05, 0.1) is 5.69 Å². The van der Waals surface area contributed by atoms with E-state index in [4.69, 9.17) is 11.6 Å². The lowest BCUT2D eigenvalue weighted by Gasteiger charge is -2.09. The molecular weight excluding hydrogens is 210 g/mol. The number of aliphatic hydroxyl groups is 1. The molecule has 2 rings (SSSR count). The number of hydrogen-bond donors (Lipinski definition) is 1. The molecule has 0 bridgehead atoms. The van der Waals surface area contributed by atoms with E-state index < -0.39 is 6.10 Å². The van der Waals surface area contributed by atoms with E-state index >= 15 is 0 Å². The average Bonchev–Trinajstić information content (AvgIpc) is 2.29. The Bertz CT molecular complexity index is 444. The first kappa shape index (κ1) is 10.1. The fraction of sp³-hybridized carbons (Fsp3) is 0.0833. The zero-order valence-corrected chi connectivity index (χ0v) is 8.72. The second-order valence-corrected chi connectivity index (χ2v) is 3.65. The summed E-state index contributed by atoms with van der Waals surface area (Å²) >= 11 is 5.83. The van der Waals surface area contributed by atoms with Crippen LogP contribution in [0.5, 0.6) is 0 Å². The van der Waals surface area contributed by atoms with Gasteiger partial charge in [-0.15, -0.1) is 0 Å². The number of benzene rings is 1. The van der Waals surface area contributed by atoms with Crippen LogP contribution < -0.4 is 0 Å². The molecule has 0 unspecified atom stereocenters. The summed E-state index contributed by atoms with van der Waals surface area (Å²) in [7, 11) is 0. The Labute approximate surface area is 93.2 Å². The molecule has 76 valence electrons. The molecule has 0 spiro atoms. The molecule has 0 radical (unpaired) electrons. The highest BCUT2D eigenvalue weighted by Crippen LogP contribution is 2.21. The van der Waals surface area contributed by atoms with Crippen LogP contribution in [0.3, 0.4) is 0 Å². The van der Waals surface area contributed by atoms with Gasteiger partial charge in [0.1, 0.15) is 6.10 Å². The molecule has 0 saturated carbocycles. The predicted octanol–water partition coefficient (Wildman–Crippen LogP) is 2.82. The van der Waals surface area contributed by atoms with Crippen molar-refractivity contribution < 1.29 is 5.11 Å². The standard InChI is InChI=1S/C12H10ClNO/c13-10-6-7-14-11(8-10)12(15)9-4-2-1-3-5-9/h1-8,12,15H/t12-/m1/s1. The van der Waals surface area contributed by atoms with Gasteiger partial charge < -0.3 is 5.11 Å². The quantitative estimate of drug-likeness (QED) is 0.843. The molecule has 0 saturated heterocycles. The lowest BCUT2D eigenvalue weighted by molar-refractivity contribution is 0.215. The lowest BCUT2D eigenvalue weighted by Crippen LogP contribution is -2.01. The van der Waals surface area contributed by atoms with Crippen LogP contribution in [0.2, 0.25) is 5.02 Å². The maximum atomic E-state index is 10.00. The van der Waals surface area contributed by atoms with E-state index in [-0.39, 0.29) is 0 Å². The summed E-state index contributed by atoms with van der Waals surface area (Å²) in [6, 6.07) is 12.7. The van der Waals surface area contributed by atoms with Crippen molar-refractivity contribution in [1.29, 1.82) is 0 Å². The molecule has 2 nitrogen and oxygen atoms in total. The number of halogens is 1. The van der Waals surface area contributed by atoms with Gasteiger partial charge in [0.15, 0.2) is 0 Å². The van der Waals surface area contributed by atoms with Crippen molar-refractivity contribution in [3.8, 4) is 0 Å². The minimum Gasteiger partial charge on any atom is -0.382 e. The van der Waals surface area contributed by atoms with Gasteiger partial charge in [-0.1, -0.05) is 41.9 Å². The number of aliphatic hydroxyl groups excluding tert-OH is 1. The van der Waals surface area contributed by atoms with E-state index in [1.165, 1.54) is 0 Å². The first-order valence-corrected chi connectivity index (χ1v) is 4.99. The third kappa shape index (κ3) is 2.35. The molecule has 0 aliphatic rings. The number of hydrogen-bond acceptors (Lipinski definition) is 2. The molecule has 0 amide bonds. The van der Waals surface area contributed by atoms with Gasteiger partial charge in [-0.2, -0.15) is 0 Å². The number of pyridine rings is 1. The molecule has 15 heavy (non-hydrogen) atoms. The van der Waals surface area contributed by atoms with E-state index in [9.17, 15) is 5.11 Å². The molecule has 0 aliphatic carbocycles. The minimum absolute atomic E-state index is 0.564. The smallest absolute Gasteiger partial charge is 0.121 e. The highest BCUT2D eigenvalue weighted by Gasteiger charge is 2.10. The van der Waals surface area contributed by atoms with Gasteiger partial charge in [0.25, 0.3) is 0 Å². The Hall–Kier alpha value is -1.38. The Balaban J connectivity index is 2.32. The van der Waals surface area contributed by atoms with Gasteiger partial charge in [-0.3, -0.25) is 4.98 Å². The van der Waals surface area contributed by atoms with E-state index in [0.29, 0.717) is 10.7 Å². The van der Waals surface area contributed by atoms with Gasteiger partial charge >= 0.3 is 0 Å². The average molecular weight is 220 g/mol. The molecule has 1 heterocycles. The van der Waals surface area contributed by atoms with Crippen molar-refractivity contribution in [3.63, 3.8) is 0 Å². The van der Waals surface area contributed by atoms with Gasteiger partial charge in [0, 0.05) is 11.2 Å². The first-order valence-electron chi connectivity index (χ1n) is 4.62. The molecule has 2 aromatic rings. The third-order valence-electron chi connectivity index (χ3n) is 2.14. The highest BCUT2D eigenvalue weighted by molar-refractivity contribution is 6.30. The summed E-state index contributed by atoms with van der Waals surface area (Å²) in [6.45, 7) is 0. The van der Waals surface area contributed by atoms with Crippen molar-refractivity contribution >= 4 is 11.6 Å². The van der Waals surface area contributed by atoms with Crippen LogP contribution in [0.1, 0.15) is 17.4 Å². The van der Waals surface area contributed by atoms with Crippen molar-refractivity contribution in [2.45, 2.75) is 6.10 Å². The molecule has 0 aliphatic heterocycles. The fourth-order valence-corrected chi connectivity index (χ4v) is 1.54. The summed E-state index contributed by atoms with van der Waals surface area (Å²) in [5.41, 5.74) is 1.38. The monoisotopic (exact) mass is 219 g/mol.